The second kappa shape index (κ2) is 4.88. The van der Waals surface area contributed by atoms with Crippen LogP contribution in [0, 0.1) is 5.82 Å². The van der Waals surface area contributed by atoms with E-state index in [4.69, 9.17) is 10.5 Å². The van der Waals surface area contributed by atoms with Crippen LogP contribution in [0.25, 0.3) is 11.1 Å². The van der Waals surface area contributed by atoms with Crippen molar-refractivity contribution < 1.29 is 9.13 Å². The molecule has 2 rings (SSSR count). The number of methoxy groups -OCH3 is 1. The molecule has 1 heterocycles. The van der Waals surface area contributed by atoms with Gasteiger partial charge in [-0.1, -0.05) is 6.07 Å². The summed E-state index contributed by atoms with van der Waals surface area (Å²) in [4.78, 5) is 0. The molecule has 0 unspecified atom stereocenters. The van der Waals surface area contributed by atoms with Crippen molar-refractivity contribution in [2.45, 2.75) is 6.54 Å². The molecule has 1 aromatic heterocycles. The first-order chi connectivity index (χ1) is 8.27. The maximum absolute atomic E-state index is 14.0. The molecule has 0 radical (unpaired) electrons. The highest BCUT2D eigenvalue weighted by Crippen LogP contribution is 2.30. The van der Waals surface area contributed by atoms with Crippen LogP contribution in [0.15, 0.2) is 30.6 Å². The number of aromatic nitrogens is 2. The number of benzene rings is 1. The summed E-state index contributed by atoms with van der Waals surface area (Å²) in [6, 6.07) is 5.10. The van der Waals surface area contributed by atoms with Crippen molar-refractivity contribution in [2.24, 2.45) is 5.73 Å². The fourth-order valence-corrected chi connectivity index (χ4v) is 1.68. The van der Waals surface area contributed by atoms with Gasteiger partial charge in [0.15, 0.2) is 11.6 Å². The van der Waals surface area contributed by atoms with E-state index in [0.29, 0.717) is 11.1 Å². The summed E-state index contributed by atoms with van der Waals surface area (Å²) in [5, 5.41) is 7.45. The van der Waals surface area contributed by atoms with E-state index in [1.165, 1.54) is 7.11 Å². The summed E-state index contributed by atoms with van der Waals surface area (Å²) in [6.45, 7) is 0.0979. The van der Waals surface area contributed by atoms with E-state index >= 15 is 0 Å². The van der Waals surface area contributed by atoms with Gasteiger partial charge < -0.3 is 10.5 Å². The van der Waals surface area contributed by atoms with Gasteiger partial charge in [0.05, 0.1) is 19.5 Å². The van der Waals surface area contributed by atoms with Gasteiger partial charge in [0.2, 0.25) is 0 Å². The molecule has 0 spiro atoms. The van der Waals surface area contributed by atoms with Crippen LogP contribution in [-0.4, -0.2) is 17.3 Å². The largest absolute Gasteiger partial charge is 0.494 e. The zero-order chi connectivity index (χ0) is 12.3. The lowest BCUT2D eigenvalue weighted by molar-refractivity contribution is 0.384. The zero-order valence-electron chi connectivity index (χ0n) is 9.35. The first-order valence-corrected chi connectivity index (χ1v) is 5.10. The average Bonchev–Trinajstić information content (AvgIpc) is 2.39. The molecule has 0 fully saturated rings. The van der Waals surface area contributed by atoms with Crippen LogP contribution < -0.4 is 10.5 Å². The van der Waals surface area contributed by atoms with Crippen LogP contribution in [-0.2, 0) is 6.54 Å². The summed E-state index contributed by atoms with van der Waals surface area (Å²) in [6.07, 6.45) is 3.12. The molecule has 0 atom stereocenters. The van der Waals surface area contributed by atoms with E-state index in [1.54, 1.807) is 30.6 Å². The second-order valence-corrected chi connectivity index (χ2v) is 3.44. The molecular formula is C12H12FN3O. The van der Waals surface area contributed by atoms with Crippen molar-refractivity contribution in [3.63, 3.8) is 0 Å². The average molecular weight is 233 g/mol. The fourth-order valence-electron chi connectivity index (χ4n) is 1.68. The topological polar surface area (TPSA) is 61.0 Å². The number of hydrogen-bond donors (Lipinski definition) is 1. The molecular weight excluding hydrogens is 221 g/mol. The third-order valence-corrected chi connectivity index (χ3v) is 2.53. The van der Waals surface area contributed by atoms with Gasteiger partial charge >= 0.3 is 0 Å². The van der Waals surface area contributed by atoms with Crippen LogP contribution in [0.3, 0.4) is 0 Å². The summed E-state index contributed by atoms with van der Waals surface area (Å²) in [5.41, 5.74) is 7.48. The lowest BCUT2D eigenvalue weighted by Gasteiger charge is -2.11. The first kappa shape index (κ1) is 11.5. The lowest BCUT2D eigenvalue weighted by atomic mass is 10.0. The standard InChI is InChI=1S/C12H12FN3O/c1-17-11-3-2-9(10(6-14)12(11)13)8-4-5-15-16-7-8/h2-5,7H,6,14H2,1H3. The van der Waals surface area contributed by atoms with Crippen molar-refractivity contribution in [1.82, 2.24) is 10.2 Å². The van der Waals surface area contributed by atoms with Gasteiger partial charge in [-0.05, 0) is 17.7 Å². The summed E-state index contributed by atoms with van der Waals surface area (Å²) < 4.78 is 18.9. The molecule has 0 saturated heterocycles. The number of nitrogens with two attached hydrogens (primary N) is 1. The highest BCUT2D eigenvalue weighted by molar-refractivity contribution is 5.67. The smallest absolute Gasteiger partial charge is 0.170 e. The number of nitrogens with zero attached hydrogens (tertiary/aromatic N) is 2. The Bertz CT molecular complexity index is 517. The minimum atomic E-state index is -0.427. The quantitative estimate of drug-likeness (QED) is 0.877. The van der Waals surface area contributed by atoms with Gasteiger partial charge in [-0.2, -0.15) is 10.2 Å². The molecule has 4 nitrogen and oxygen atoms in total. The molecule has 1 aromatic carbocycles. The lowest BCUT2D eigenvalue weighted by Crippen LogP contribution is -2.04. The van der Waals surface area contributed by atoms with E-state index in [-0.39, 0.29) is 12.3 Å². The molecule has 2 N–H and O–H groups in total. The Morgan fingerprint density at radius 3 is 2.71 bits per heavy atom. The van der Waals surface area contributed by atoms with E-state index in [2.05, 4.69) is 10.2 Å². The Balaban J connectivity index is 2.59. The highest BCUT2D eigenvalue weighted by atomic mass is 19.1. The minimum absolute atomic E-state index is 0.0979. The maximum atomic E-state index is 14.0. The normalized spacial score (nSPS) is 10.3. The molecule has 5 heteroatoms. The summed E-state index contributed by atoms with van der Waals surface area (Å²) in [5.74, 6) is -0.236. The van der Waals surface area contributed by atoms with Crippen molar-refractivity contribution in [2.75, 3.05) is 7.11 Å². The third-order valence-electron chi connectivity index (χ3n) is 2.53. The molecule has 2 aromatic rings. The van der Waals surface area contributed by atoms with E-state index < -0.39 is 5.82 Å². The predicted octanol–water partition coefficient (Wildman–Crippen LogP) is 1.75. The van der Waals surface area contributed by atoms with Crippen molar-refractivity contribution in [3.8, 4) is 16.9 Å². The molecule has 0 amide bonds. The van der Waals surface area contributed by atoms with Crippen LogP contribution >= 0.6 is 0 Å². The molecule has 0 aliphatic carbocycles. The predicted molar refractivity (Wildman–Crippen MR) is 61.9 cm³/mol. The van der Waals surface area contributed by atoms with E-state index in [1.807, 2.05) is 0 Å². The molecule has 0 bridgehead atoms. The number of rotatable bonds is 3. The number of hydrogen-bond acceptors (Lipinski definition) is 4. The van der Waals surface area contributed by atoms with Crippen LogP contribution in [0.5, 0.6) is 5.75 Å². The van der Waals surface area contributed by atoms with E-state index in [0.717, 1.165) is 5.56 Å². The second-order valence-electron chi connectivity index (χ2n) is 3.44. The number of ether oxygens (including phenoxy) is 1. The molecule has 0 aliphatic rings. The van der Waals surface area contributed by atoms with Gasteiger partial charge in [0.1, 0.15) is 0 Å². The van der Waals surface area contributed by atoms with Gasteiger partial charge in [0.25, 0.3) is 0 Å². The maximum Gasteiger partial charge on any atom is 0.170 e. The highest BCUT2D eigenvalue weighted by Gasteiger charge is 2.13. The van der Waals surface area contributed by atoms with Gasteiger partial charge in [0, 0.05) is 17.7 Å². The summed E-state index contributed by atoms with van der Waals surface area (Å²) in [7, 11) is 1.42. The van der Waals surface area contributed by atoms with Crippen molar-refractivity contribution in [1.29, 1.82) is 0 Å². The third kappa shape index (κ3) is 2.09. The van der Waals surface area contributed by atoms with E-state index in [9.17, 15) is 4.39 Å². The van der Waals surface area contributed by atoms with Crippen molar-refractivity contribution in [3.05, 3.63) is 42.0 Å². The zero-order valence-corrected chi connectivity index (χ0v) is 9.35. The SMILES string of the molecule is COc1ccc(-c2ccnnc2)c(CN)c1F. The Hall–Kier alpha value is -2.01. The molecule has 0 saturated carbocycles. The van der Waals surface area contributed by atoms with Crippen LogP contribution in [0.4, 0.5) is 4.39 Å². The molecule has 0 aliphatic heterocycles. The Morgan fingerprint density at radius 1 is 1.29 bits per heavy atom. The first-order valence-electron chi connectivity index (χ1n) is 5.10. The Kier molecular flexibility index (Phi) is 3.30. The van der Waals surface area contributed by atoms with Crippen molar-refractivity contribution >= 4 is 0 Å². The minimum Gasteiger partial charge on any atom is -0.494 e. The summed E-state index contributed by atoms with van der Waals surface area (Å²) >= 11 is 0. The Labute approximate surface area is 98.2 Å². The molecule has 17 heavy (non-hydrogen) atoms. The van der Waals surface area contributed by atoms with Crippen LogP contribution in [0.2, 0.25) is 0 Å². The van der Waals surface area contributed by atoms with Gasteiger partial charge in [-0.3, -0.25) is 0 Å². The molecule has 88 valence electrons. The van der Waals surface area contributed by atoms with Gasteiger partial charge in [-0.15, -0.1) is 0 Å². The fraction of sp³-hybridized carbons (Fsp3) is 0.167. The number of halogens is 1. The Morgan fingerprint density at radius 2 is 2.12 bits per heavy atom. The van der Waals surface area contributed by atoms with Crippen LogP contribution in [0.1, 0.15) is 5.56 Å². The monoisotopic (exact) mass is 233 g/mol. The van der Waals surface area contributed by atoms with Gasteiger partial charge in [-0.25, -0.2) is 4.39 Å².